The van der Waals surface area contributed by atoms with Crippen LogP contribution in [0, 0.1) is 0 Å². The summed E-state index contributed by atoms with van der Waals surface area (Å²) in [5.74, 6) is 0.248. The predicted molar refractivity (Wildman–Crippen MR) is 107 cm³/mol. The molecule has 0 radical (unpaired) electrons. The summed E-state index contributed by atoms with van der Waals surface area (Å²) in [7, 11) is 0. The number of rotatable bonds is 7. The number of likely N-dealkylation sites (tertiary alicyclic amines) is 1. The molecule has 0 saturated carbocycles. The number of unbranched alkanes of at least 4 members (excludes halogenated alkanes) is 3. The molecule has 0 aliphatic carbocycles. The van der Waals surface area contributed by atoms with Crippen LogP contribution in [0.15, 0.2) is 29.1 Å². The number of hydrogen-bond donors (Lipinski definition) is 2. The lowest BCUT2D eigenvalue weighted by Crippen LogP contribution is -2.40. The van der Waals surface area contributed by atoms with E-state index >= 15 is 0 Å². The lowest BCUT2D eigenvalue weighted by molar-refractivity contribution is -0.132. The number of H-pyrrole nitrogens is 1. The normalized spacial score (nSPS) is 15.2. The maximum Gasteiger partial charge on any atom is 0.326 e. The lowest BCUT2D eigenvalue weighted by Gasteiger charge is -2.32. The van der Waals surface area contributed by atoms with Gasteiger partial charge in [-0.25, -0.2) is 4.79 Å². The number of nitrogens with zero attached hydrogens (tertiary/aromatic N) is 2. The number of imidazole rings is 1. The van der Waals surface area contributed by atoms with Crippen LogP contribution in [0.4, 0.5) is 0 Å². The Morgan fingerprint density at radius 3 is 2.54 bits per heavy atom. The number of halogens is 1. The van der Waals surface area contributed by atoms with E-state index in [9.17, 15) is 9.59 Å². The second-order valence-electron chi connectivity index (χ2n) is 6.88. The van der Waals surface area contributed by atoms with Crippen molar-refractivity contribution in [2.45, 2.75) is 51.0 Å². The number of aromatic amines is 1. The Bertz CT molecular complexity index is 762. The standard InChI is InChI=1S/C19H28N4O2.ClH/c20-12-6-2-1-3-9-18(24)22-13-10-15(11-14-22)23-17-8-5-4-7-16(17)21-19(23)25;/h4-5,7-8,15H,1-3,6,9-14,20H2,(H,21,25);1H. The van der Waals surface area contributed by atoms with Crippen molar-refractivity contribution in [3.63, 3.8) is 0 Å². The van der Waals surface area contributed by atoms with Crippen LogP contribution >= 0.6 is 12.4 Å². The average Bonchev–Trinajstić information content (AvgIpc) is 2.97. The highest BCUT2D eigenvalue weighted by Crippen LogP contribution is 2.25. The number of nitrogens with one attached hydrogen (secondary N) is 1. The Labute approximate surface area is 160 Å². The van der Waals surface area contributed by atoms with Gasteiger partial charge in [-0.1, -0.05) is 25.0 Å². The van der Waals surface area contributed by atoms with E-state index in [2.05, 4.69) is 4.98 Å². The molecule has 1 aromatic heterocycles. The van der Waals surface area contributed by atoms with Crippen LogP contribution in [0.25, 0.3) is 11.0 Å². The summed E-state index contributed by atoms with van der Waals surface area (Å²) in [6.45, 7) is 2.20. The molecule has 3 rings (SSSR count). The molecule has 2 aromatic rings. The van der Waals surface area contributed by atoms with Crippen molar-refractivity contribution in [1.29, 1.82) is 0 Å². The quantitative estimate of drug-likeness (QED) is 0.724. The molecule has 2 heterocycles. The first-order chi connectivity index (χ1) is 12.2. The third-order valence-electron chi connectivity index (χ3n) is 5.15. The molecule has 3 N–H and O–H groups in total. The van der Waals surface area contributed by atoms with Gasteiger partial charge in [-0.2, -0.15) is 0 Å². The van der Waals surface area contributed by atoms with Crippen LogP contribution in [-0.2, 0) is 4.79 Å². The van der Waals surface area contributed by atoms with Gasteiger partial charge in [0.2, 0.25) is 5.91 Å². The molecule has 1 aliphatic rings. The summed E-state index contributed by atoms with van der Waals surface area (Å²) >= 11 is 0. The second kappa shape index (κ2) is 9.78. The topological polar surface area (TPSA) is 84.1 Å². The van der Waals surface area contributed by atoms with Crippen molar-refractivity contribution in [3.05, 3.63) is 34.7 Å². The molecule has 1 aliphatic heterocycles. The van der Waals surface area contributed by atoms with Gasteiger partial charge in [0.25, 0.3) is 0 Å². The van der Waals surface area contributed by atoms with E-state index in [-0.39, 0.29) is 30.0 Å². The van der Waals surface area contributed by atoms with E-state index in [1.165, 1.54) is 0 Å². The Balaban J connectivity index is 0.00000243. The molecule has 0 bridgehead atoms. The summed E-state index contributed by atoms with van der Waals surface area (Å²) in [6, 6.07) is 7.95. The average molecular weight is 381 g/mol. The number of piperidine rings is 1. The summed E-state index contributed by atoms with van der Waals surface area (Å²) in [4.78, 5) is 29.5. The molecule has 1 aromatic carbocycles. The van der Waals surface area contributed by atoms with E-state index in [0.717, 1.165) is 69.2 Å². The third kappa shape index (κ3) is 4.68. The molecule has 1 saturated heterocycles. The molecule has 144 valence electrons. The van der Waals surface area contributed by atoms with Gasteiger partial charge in [-0.3, -0.25) is 9.36 Å². The number of amides is 1. The molecular formula is C19H29ClN4O2. The smallest absolute Gasteiger partial charge is 0.326 e. The zero-order valence-corrected chi connectivity index (χ0v) is 16.0. The number of carbonyl (C=O) groups excluding carboxylic acids is 1. The second-order valence-corrected chi connectivity index (χ2v) is 6.88. The number of carbonyl (C=O) groups is 1. The van der Waals surface area contributed by atoms with Crippen LogP contribution in [0.2, 0.25) is 0 Å². The fraction of sp³-hybridized carbons (Fsp3) is 0.579. The summed E-state index contributed by atoms with van der Waals surface area (Å²) in [5.41, 5.74) is 7.27. The maximum absolute atomic E-state index is 12.3. The fourth-order valence-corrected chi connectivity index (χ4v) is 3.74. The first-order valence-corrected chi connectivity index (χ1v) is 9.38. The Morgan fingerprint density at radius 2 is 1.81 bits per heavy atom. The van der Waals surface area contributed by atoms with Crippen molar-refractivity contribution in [3.8, 4) is 0 Å². The van der Waals surface area contributed by atoms with Crippen molar-refractivity contribution >= 4 is 29.3 Å². The van der Waals surface area contributed by atoms with Crippen molar-refractivity contribution in [2.75, 3.05) is 19.6 Å². The van der Waals surface area contributed by atoms with Crippen molar-refractivity contribution < 1.29 is 4.79 Å². The maximum atomic E-state index is 12.3. The van der Waals surface area contributed by atoms with Crippen LogP contribution in [-0.4, -0.2) is 40.0 Å². The summed E-state index contributed by atoms with van der Waals surface area (Å²) in [5, 5.41) is 0. The molecule has 7 heteroatoms. The highest BCUT2D eigenvalue weighted by atomic mass is 35.5. The van der Waals surface area contributed by atoms with Crippen LogP contribution < -0.4 is 11.4 Å². The minimum absolute atomic E-state index is 0. The van der Waals surface area contributed by atoms with E-state index < -0.39 is 0 Å². The molecule has 0 atom stereocenters. The lowest BCUT2D eigenvalue weighted by atomic mass is 10.0. The van der Waals surface area contributed by atoms with E-state index in [0.29, 0.717) is 6.42 Å². The van der Waals surface area contributed by atoms with Gasteiger partial charge in [0.1, 0.15) is 0 Å². The van der Waals surface area contributed by atoms with E-state index in [1.807, 2.05) is 33.7 Å². The van der Waals surface area contributed by atoms with Crippen molar-refractivity contribution in [1.82, 2.24) is 14.5 Å². The highest BCUT2D eigenvalue weighted by molar-refractivity contribution is 5.85. The largest absolute Gasteiger partial charge is 0.343 e. The van der Waals surface area contributed by atoms with Gasteiger partial charge < -0.3 is 15.6 Å². The van der Waals surface area contributed by atoms with Gasteiger partial charge in [-0.05, 0) is 44.4 Å². The first kappa shape index (κ1) is 20.5. The number of fused-ring (bicyclic) bond motifs is 1. The number of nitrogens with two attached hydrogens (primary N) is 1. The summed E-state index contributed by atoms with van der Waals surface area (Å²) in [6.07, 6.45) is 6.46. The first-order valence-electron chi connectivity index (χ1n) is 9.38. The summed E-state index contributed by atoms with van der Waals surface area (Å²) < 4.78 is 1.87. The molecule has 0 spiro atoms. The van der Waals surface area contributed by atoms with Crippen LogP contribution in [0.1, 0.15) is 51.0 Å². The van der Waals surface area contributed by atoms with Crippen LogP contribution in [0.3, 0.4) is 0 Å². The minimum atomic E-state index is -0.0501. The monoisotopic (exact) mass is 380 g/mol. The molecule has 1 fully saturated rings. The number of benzene rings is 1. The zero-order valence-electron chi connectivity index (χ0n) is 15.2. The minimum Gasteiger partial charge on any atom is -0.343 e. The van der Waals surface area contributed by atoms with Gasteiger partial charge in [0.05, 0.1) is 11.0 Å². The Hall–Kier alpha value is -1.79. The Morgan fingerprint density at radius 1 is 1.12 bits per heavy atom. The Kier molecular flexibility index (Phi) is 7.72. The molecule has 6 nitrogen and oxygen atoms in total. The predicted octanol–water partition coefficient (Wildman–Crippen LogP) is 2.82. The van der Waals surface area contributed by atoms with Crippen LogP contribution in [0.5, 0.6) is 0 Å². The van der Waals surface area contributed by atoms with Gasteiger partial charge in [0, 0.05) is 25.6 Å². The molecule has 0 unspecified atom stereocenters. The van der Waals surface area contributed by atoms with E-state index in [4.69, 9.17) is 5.73 Å². The molecular weight excluding hydrogens is 352 g/mol. The third-order valence-corrected chi connectivity index (χ3v) is 5.15. The SMILES string of the molecule is Cl.NCCCCCCC(=O)N1CCC(n2c(=O)[nH]c3ccccc32)CC1. The van der Waals surface area contributed by atoms with Crippen molar-refractivity contribution in [2.24, 2.45) is 5.73 Å². The zero-order chi connectivity index (χ0) is 17.6. The number of hydrogen-bond acceptors (Lipinski definition) is 3. The molecule has 26 heavy (non-hydrogen) atoms. The molecule has 1 amide bonds. The number of para-hydroxylation sites is 2. The van der Waals surface area contributed by atoms with Gasteiger partial charge in [-0.15, -0.1) is 12.4 Å². The highest BCUT2D eigenvalue weighted by Gasteiger charge is 2.25. The van der Waals surface area contributed by atoms with Gasteiger partial charge >= 0.3 is 5.69 Å². The number of aromatic nitrogens is 2. The fourth-order valence-electron chi connectivity index (χ4n) is 3.74. The van der Waals surface area contributed by atoms with E-state index in [1.54, 1.807) is 0 Å². The van der Waals surface area contributed by atoms with Gasteiger partial charge in [0.15, 0.2) is 0 Å².